The van der Waals surface area contributed by atoms with Crippen molar-refractivity contribution in [1.29, 1.82) is 0 Å². The lowest BCUT2D eigenvalue weighted by atomic mass is 10.4. The molecule has 1 aromatic rings. The molecule has 0 aromatic carbocycles. The van der Waals surface area contributed by atoms with Crippen LogP contribution >= 0.6 is 0 Å². The SMILES string of the molecule is COC(=O)COCc1c[nH]c(=O)[nH]c1=O. The summed E-state index contributed by atoms with van der Waals surface area (Å²) in [6, 6.07) is 0. The summed E-state index contributed by atoms with van der Waals surface area (Å²) in [4.78, 5) is 36.7. The third kappa shape index (κ3) is 3.39. The molecule has 2 N–H and O–H groups in total. The average molecular weight is 214 g/mol. The Kier molecular flexibility index (Phi) is 3.81. The molecule has 0 bridgehead atoms. The van der Waals surface area contributed by atoms with Gasteiger partial charge in [-0.15, -0.1) is 0 Å². The quantitative estimate of drug-likeness (QED) is 0.610. The zero-order valence-electron chi connectivity index (χ0n) is 8.03. The predicted octanol–water partition coefficient (Wildman–Crippen LogP) is -1.25. The number of rotatable bonds is 4. The van der Waals surface area contributed by atoms with Gasteiger partial charge in [0.2, 0.25) is 0 Å². The maximum atomic E-state index is 11.1. The topological polar surface area (TPSA) is 101 Å². The maximum Gasteiger partial charge on any atom is 0.331 e. The molecule has 1 heterocycles. The van der Waals surface area contributed by atoms with Crippen LogP contribution in [0.1, 0.15) is 5.56 Å². The average Bonchev–Trinajstić information content (AvgIpc) is 2.21. The van der Waals surface area contributed by atoms with Crippen LogP contribution in [0.5, 0.6) is 0 Å². The Morgan fingerprint density at radius 1 is 1.47 bits per heavy atom. The molecule has 0 spiro atoms. The molecular formula is C8H10N2O5. The third-order valence-corrected chi connectivity index (χ3v) is 1.60. The second-order valence-corrected chi connectivity index (χ2v) is 2.67. The van der Waals surface area contributed by atoms with Crippen LogP contribution in [0, 0.1) is 0 Å². The van der Waals surface area contributed by atoms with Gasteiger partial charge in [0.1, 0.15) is 6.61 Å². The second kappa shape index (κ2) is 5.11. The van der Waals surface area contributed by atoms with Crippen molar-refractivity contribution in [1.82, 2.24) is 9.97 Å². The number of esters is 1. The van der Waals surface area contributed by atoms with Crippen molar-refractivity contribution < 1.29 is 14.3 Å². The summed E-state index contributed by atoms with van der Waals surface area (Å²) in [5.41, 5.74) is -0.890. The molecule has 0 aliphatic rings. The van der Waals surface area contributed by atoms with E-state index in [9.17, 15) is 14.4 Å². The fourth-order valence-corrected chi connectivity index (χ4v) is 0.848. The Hall–Kier alpha value is -1.89. The molecule has 0 radical (unpaired) electrons. The minimum absolute atomic E-state index is 0.0682. The highest BCUT2D eigenvalue weighted by molar-refractivity contribution is 5.70. The molecule has 0 unspecified atom stereocenters. The number of aromatic nitrogens is 2. The summed E-state index contributed by atoms with van der Waals surface area (Å²) < 4.78 is 9.21. The summed E-state index contributed by atoms with van der Waals surface area (Å²) in [5.74, 6) is -0.532. The maximum absolute atomic E-state index is 11.1. The Balaban J connectivity index is 2.55. The van der Waals surface area contributed by atoms with Crippen LogP contribution in [0.3, 0.4) is 0 Å². The molecule has 0 atom stereocenters. The Morgan fingerprint density at radius 2 is 2.20 bits per heavy atom. The van der Waals surface area contributed by atoms with Gasteiger partial charge in [-0.05, 0) is 0 Å². The molecule has 7 nitrogen and oxygen atoms in total. The van der Waals surface area contributed by atoms with Gasteiger partial charge >= 0.3 is 11.7 Å². The highest BCUT2D eigenvalue weighted by Gasteiger charge is 2.03. The summed E-state index contributed by atoms with van der Waals surface area (Å²) in [6.07, 6.45) is 1.23. The molecule has 0 aliphatic heterocycles. The first-order valence-electron chi connectivity index (χ1n) is 4.09. The van der Waals surface area contributed by atoms with Gasteiger partial charge in [0, 0.05) is 6.20 Å². The molecule has 0 amide bonds. The predicted molar refractivity (Wildman–Crippen MR) is 49.4 cm³/mol. The van der Waals surface area contributed by atoms with Crippen molar-refractivity contribution >= 4 is 5.97 Å². The van der Waals surface area contributed by atoms with E-state index in [1.807, 2.05) is 4.98 Å². The first kappa shape index (κ1) is 11.2. The van der Waals surface area contributed by atoms with E-state index < -0.39 is 17.2 Å². The van der Waals surface area contributed by atoms with E-state index in [0.717, 1.165) is 0 Å². The second-order valence-electron chi connectivity index (χ2n) is 2.67. The molecule has 0 saturated carbocycles. The van der Waals surface area contributed by atoms with Gasteiger partial charge in [0.25, 0.3) is 5.56 Å². The van der Waals surface area contributed by atoms with Gasteiger partial charge < -0.3 is 14.5 Å². The van der Waals surface area contributed by atoms with E-state index in [1.54, 1.807) is 0 Å². The van der Waals surface area contributed by atoms with Crippen molar-refractivity contribution in [2.75, 3.05) is 13.7 Å². The van der Waals surface area contributed by atoms with Crippen LogP contribution < -0.4 is 11.2 Å². The van der Waals surface area contributed by atoms with E-state index in [0.29, 0.717) is 0 Å². The zero-order valence-corrected chi connectivity index (χ0v) is 8.03. The van der Waals surface area contributed by atoms with E-state index in [-0.39, 0.29) is 18.8 Å². The number of carbonyl (C=O) groups excluding carboxylic acids is 1. The molecule has 7 heteroatoms. The van der Waals surface area contributed by atoms with Crippen molar-refractivity contribution in [3.63, 3.8) is 0 Å². The Labute approximate surface area is 84.0 Å². The van der Waals surface area contributed by atoms with Gasteiger partial charge in [-0.3, -0.25) is 9.78 Å². The van der Waals surface area contributed by atoms with E-state index in [2.05, 4.69) is 9.72 Å². The molecule has 1 aromatic heterocycles. The van der Waals surface area contributed by atoms with Crippen molar-refractivity contribution in [3.8, 4) is 0 Å². The number of hydrogen-bond donors (Lipinski definition) is 2. The molecule has 82 valence electrons. The smallest absolute Gasteiger partial charge is 0.331 e. The van der Waals surface area contributed by atoms with Crippen LogP contribution in [-0.2, 0) is 20.9 Å². The van der Waals surface area contributed by atoms with Crippen molar-refractivity contribution in [3.05, 3.63) is 32.6 Å². The van der Waals surface area contributed by atoms with Gasteiger partial charge in [-0.2, -0.15) is 0 Å². The van der Waals surface area contributed by atoms with Gasteiger partial charge in [0.15, 0.2) is 0 Å². The largest absolute Gasteiger partial charge is 0.467 e. The summed E-state index contributed by atoms with van der Waals surface area (Å²) in [6.45, 7) is -0.309. The number of aromatic amines is 2. The molecule has 0 saturated heterocycles. The minimum atomic E-state index is -0.586. The number of H-pyrrole nitrogens is 2. The first-order valence-corrected chi connectivity index (χ1v) is 4.09. The minimum Gasteiger partial charge on any atom is -0.467 e. The lowest BCUT2D eigenvalue weighted by molar-refractivity contribution is -0.146. The molecule has 1 rings (SSSR count). The number of methoxy groups -OCH3 is 1. The normalized spacial score (nSPS) is 9.93. The fourth-order valence-electron chi connectivity index (χ4n) is 0.848. The highest BCUT2D eigenvalue weighted by Crippen LogP contribution is 1.89. The van der Waals surface area contributed by atoms with Gasteiger partial charge in [0.05, 0.1) is 19.3 Å². The Bertz CT molecular complexity index is 447. The molecule has 0 fully saturated rings. The van der Waals surface area contributed by atoms with E-state index in [4.69, 9.17) is 4.74 Å². The van der Waals surface area contributed by atoms with Gasteiger partial charge in [-0.1, -0.05) is 0 Å². The van der Waals surface area contributed by atoms with Crippen molar-refractivity contribution in [2.45, 2.75) is 6.61 Å². The lowest BCUT2D eigenvalue weighted by Gasteiger charge is -2.01. The Morgan fingerprint density at radius 3 is 2.80 bits per heavy atom. The van der Waals surface area contributed by atoms with E-state index in [1.165, 1.54) is 13.3 Å². The van der Waals surface area contributed by atoms with Crippen molar-refractivity contribution in [2.24, 2.45) is 0 Å². The van der Waals surface area contributed by atoms with Crippen LogP contribution in [0.4, 0.5) is 0 Å². The molecule has 0 aliphatic carbocycles. The fraction of sp³-hybridized carbons (Fsp3) is 0.375. The van der Waals surface area contributed by atoms with Crippen LogP contribution in [-0.4, -0.2) is 29.7 Å². The molecular weight excluding hydrogens is 204 g/mol. The van der Waals surface area contributed by atoms with E-state index >= 15 is 0 Å². The monoisotopic (exact) mass is 214 g/mol. The van der Waals surface area contributed by atoms with Crippen LogP contribution in [0.2, 0.25) is 0 Å². The molecule has 15 heavy (non-hydrogen) atoms. The van der Waals surface area contributed by atoms with Crippen LogP contribution in [0.15, 0.2) is 15.8 Å². The summed E-state index contributed by atoms with van der Waals surface area (Å²) >= 11 is 0. The number of nitrogens with one attached hydrogen (secondary N) is 2. The third-order valence-electron chi connectivity index (χ3n) is 1.60. The standard InChI is InChI=1S/C8H10N2O5/c1-14-6(11)4-15-3-5-2-9-8(13)10-7(5)12/h2H,3-4H2,1H3,(H2,9,10,12,13). The first-order chi connectivity index (χ1) is 7.13. The number of hydrogen-bond acceptors (Lipinski definition) is 5. The van der Waals surface area contributed by atoms with Crippen LogP contribution in [0.25, 0.3) is 0 Å². The number of carbonyl (C=O) groups is 1. The highest BCUT2D eigenvalue weighted by atomic mass is 16.6. The summed E-state index contributed by atoms with van der Waals surface area (Å²) in [7, 11) is 1.23. The lowest BCUT2D eigenvalue weighted by Crippen LogP contribution is -2.25. The summed E-state index contributed by atoms with van der Waals surface area (Å²) in [5, 5.41) is 0. The number of ether oxygens (including phenoxy) is 2. The zero-order chi connectivity index (χ0) is 11.3. The van der Waals surface area contributed by atoms with Gasteiger partial charge in [-0.25, -0.2) is 9.59 Å².